The Kier molecular flexibility index (Phi) is 6.08. The number of nitrogens with zero attached hydrogens (tertiary/aromatic N) is 1. The SMILES string of the molecule is COC(CNC(=O)N1CCCC(C(=O)O)C1)C(C)C. The molecule has 1 aliphatic heterocycles. The van der Waals surface area contributed by atoms with Crippen LogP contribution in [0.15, 0.2) is 0 Å². The van der Waals surface area contributed by atoms with Crippen LogP contribution in [-0.2, 0) is 9.53 Å². The van der Waals surface area contributed by atoms with Crippen LogP contribution >= 0.6 is 0 Å². The maximum Gasteiger partial charge on any atom is 0.317 e. The molecule has 2 amide bonds. The molecule has 1 saturated heterocycles. The second-order valence-corrected chi connectivity index (χ2v) is 5.33. The molecule has 2 atom stereocenters. The number of urea groups is 1. The van der Waals surface area contributed by atoms with Gasteiger partial charge in [0.15, 0.2) is 0 Å². The number of methoxy groups -OCH3 is 1. The number of carbonyl (C=O) groups is 2. The van der Waals surface area contributed by atoms with Gasteiger partial charge in [0.2, 0.25) is 0 Å². The van der Waals surface area contributed by atoms with E-state index in [9.17, 15) is 9.59 Å². The largest absolute Gasteiger partial charge is 0.481 e. The third-order valence-electron chi connectivity index (χ3n) is 3.56. The molecule has 0 aromatic carbocycles. The first-order valence-electron chi connectivity index (χ1n) is 6.74. The number of hydrogen-bond acceptors (Lipinski definition) is 3. The molecule has 0 radical (unpaired) electrons. The van der Waals surface area contributed by atoms with E-state index in [1.54, 1.807) is 12.0 Å². The highest BCUT2D eigenvalue weighted by molar-refractivity contribution is 5.76. The number of rotatable bonds is 5. The van der Waals surface area contributed by atoms with Gasteiger partial charge in [-0.15, -0.1) is 0 Å². The maximum atomic E-state index is 12.0. The number of hydrogen-bond donors (Lipinski definition) is 2. The highest BCUT2D eigenvalue weighted by Gasteiger charge is 2.28. The van der Waals surface area contributed by atoms with Crippen molar-refractivity contribution in [1.29, 1.82) is 0 Å². The van der Waals surface area contributed by atoms with Gasteiger partial charge in [-0.05, 0) is 18.8 Å². The molecule has 110 valence electrons. The highest BCUT2D eigenvalue weighted by Crippen LogP contribution is 2.16. The van der Waals surface area contributed by atoms with Gasteiger partial charge in [-0.3, -0.25) is 4.79 Å². The Morgan fingerprint density at radius 2 is 2.16 bits per heavy atom. The lowest BCUT2D eigenvalue weighted by molar-refractivity contribution is -0.143. The zero-order valence-corrected chi connectivity index (χ0v) is 11.9. The lowest BCUT2D eigenvalue weighted by atomic mass is 9.99. The second-order valence-electron chi connectivity index (χ2n) is 5.33. The standard InChI is InChI=1S/C13H24N2O4/c1-9(2)11(19-3)7-14-13(18)15-6-4-5-10(8-15)12(16)17/h9-11H,4-8H2,1-3H3,(H,14,18)(H,16,17). The molecule has 1 rings (SSSR count). The first-order valence-corrected chi connectivity index (χ1v) is 6.74. The maximum absolute atomic E-state index is 12.0. The van der Waals surface area contributed by atoms with Crippen LogP contribution in [0, 0.1) is 11.8 Å². The van der Waals surface area contributed by atoms with Crippen LogP contribution in [0.1, 0.15) is 26.7 Å². The number of nitrogens with one attached hydrogen (secondary N) is 1. The molecule has 19 heavy (non-hydrogen) atoms. The van der Waals surface area contributed by atoms with Crippen LogP contribution < -0.4 is 5.32 Å². The van der Waals surface area contributed by atoms with E-state index in [-0.39, 0.29) is 12.1 Å². The van der Waals surface area contributed by atoms with E-state index in [0.29, 0.717) is 32.0 Å². The summed E-state index contributed by atoms with van der Waals surface area (Å²) in [5.41, 5.74) is 0. The molecule has 2 N–H and O–H groups in total. The fourth-order valence-corrected chi connectivity index (χ4v) is 2.25. The Hall–Kier alpha value is -1.30. The fraction of sp³-hybridized carbons (Fsp3) is 0.846. The highest BCUT2D eigenvalue weighted by atomic mass is 16.5. The molecule has 0 aliphatic carbocycles. The first kappa shape index (κ1) is 15.8. The van der Waals surface area contributed by atoms with Crippen LogP contribution in [0.2, 0.25) is 0 Å². The van der Waals surface area contributed by atoms with Gasteiger partial charge < -0.3 is 20.1 Å². The molecule has 1 aliphatic rings. The Balaban J connectivity index is 2.42. The summed E-state index contributed by atoms with van der Waals surface area (Å²) in [4.78, 5) is 24.5. The van der Waals surface area contributed by atoms with Crippen molar-refractivity contribution >= 4 is 12.0 Å². The van der Waals surface area contributed by atoms with E-state index in [2.05, 4.69) is 5.32 Å². The van der Waals surface area contributed by atoms with E-state index < -0.39 is 11.9 Å². The number of carboxylic acid groups (broad SMARTS) is 1. The number of carboxylic acids is 1. The molecule has 1 heterocycles. The average Bonchev–Trinajstić information content (AvgIpc) is 2.38. The van der Waals surface area contributed by atoms with Crippen LogP contribution in [-0.4, -0.2) is 54.9 Å². The number of likely N-dealkylation sites (tertiary alicyclic amines) is 1. The van der Waals surface area contributed by atoms with Crippen molar-refractivity contribution in [1.82, 2.24) is 10.2 Å². The van der Waals surface area contributed by atoms with Crippen LogP contribution in [0.5, 0.6) is 0 Å². The van der Waals surface area contributed by atoms with Crippen molar-refractivity contribution in [2.75, 3.05) is 26.7 Å². The van der Waals surface area contributed by atoms with Crippen LogP contribution in [0.3, 0.4) is 0 Å². The Bertz CT molecular complexity index is 320. The van der Waals surface area contributed by atoms with E-state index in [0.717, 1.165) is 6.42 Å². The summed E-state index contributed by atoms with van der Waals surface area (Å²) in [6, 6.07) is -0.200. The van der Waals surface area contributed by atoms with Gasteiger partial charge in [0, 0.05) is 26.7 Å². The Morgan fingerprint density at radius 1 is 1.47 bits per heavy atom. The van der Waals surface area contributed by atoms with Crippen molar-refractivity contribution in [3.63, 3.8) is 0 Å². The van der Waals surface area contributed by atoms with Gasteiger partial charge in [-0.25, -0.2) is 4.79 Å². The van der Waals surface area contributed by atoms with Crippen molar-refractivity contribution in [3.05, 3.63) is 0 Å². The number of carbonyl (C=O) groups excluding carboxylic acids is 1. The minimum atomic E-state index is -0.825. The summed E-state index contributed by atoms with van der Waals surface area (Å²) in [5, 5.41) is 11.8. The average molecular weight is 272 g/mol. The number of amides is 2. The summed E-state index contributed by atoms with van der Waals surface area (Å²) in [5.74, 6) is -0.948. The molecular formula is C13H24N2O4. The quantitative estimate of drug-likeness (QED) is 0.787. The second kappa shape index (κ2) is 7.33. The van der Waals surface area contributed by atoms with Gasteiger partial charge in [0.25, 0.3) is 0 Å². The van der Waals surface area contributed by atoms with Crippen LogP contribution in [0.25, 0.3) is 0 Å². The van der Waals surface area contributed by atoms with Crippen molar-refractivity contribution in [2.24, 2.45) is 11.8 Å². The van der Waals surface area contributed by atoms with Gasteiger partial charge in [0.05, 0.1) is 12.0 Å². The normalized spacial score (nSPS) is 21.3. The zero-order valence-electron chi connectivity index (χ0n) is 11.9. The lowest BCUT2D eigenvalue weighted by Crippen LogP contribution is -2.49. The molecule has 0 saturated carbocycles. The summed E-state index contributed by atoms with van der Waals surface area (Å²) in [6.07, 6.45) is 1.36. The van der Waals surface area contributed by atoms with Crippen molar-refractivity contribution in [2.45, 2.75) is 32.8 Å². The van der Waals surface area contributed by atoms with E-state index >= 15 is 0 Å². The first-order chi connectivity index (χ1) is 8.95. The van der Waals surface area contributed by atoms with Gasteiger partial charge in [0.1, 0.15) is 0 Å². The third kappa shape index (κ3) is 4.70. The predicted molar refractivity (Wildman–Crippen MR) is 71.0 cm³/mol. The zero-order chi connectivity index (χ0) is 14.4. The number of ether oxygens (including phenoxy) is 1. The molecule has 0 spiro atoms. The Morgan fingerprint density at radius 3 is 2.68 bits per heavy atom. The smallest absolute Gasteiger partial charge is 0.317 e. The monoisotopic (exact) mass is 272 g/mol. The summed E-state index contributed by atoms with van der Waals surface area (Å²) in [6.45, 7) is 5.42. The summed E-state index contributed by atoms with van der Waals surface area (Å²) in [7, 11) is 1.62. The molecule has 6 nitrogen and oxygen atoms in total. The van der Waals surface area contributed by atoms with Crippen molar-refractivity contribution < 1.29 is 19.4 Å². The van der Waals surface area contributed by atoms with Crippen LogP contribution in [0.4, 0.5) is 4.79 Å². The molecule has 0 aromatic heterocycles. The van der Waals surface area contributed by atoms with Gasteiger partial charge in [-0.1, -0.05) is 13.8 Å². The van der Waals surface area contributed by atoms with Gasteiger partial charge >= 0.3 is 12.0 Å². The van der Waals surface area contributed by atoms with Gasteiger partial charge in [-0.2, -0.15) is 0 Å². The summed E-state index contributed by atoms with van der Waals surface area (Å²) < 4.78 is 5.28. The fourth-order valence-electron chi connectivity index (χ4n) is 2.25. The number of piperidine rings is 1. The van der Waals surface area contributed by atoms with Crippen molar-refractivity contribution in [3.8, 4) is 0 Å². The number of aliphatic carboxylic acids is 1. The predicted octanol–water partition coefficient (Wildman–Crippen LogP) is 1.16. The molecule has 2 unspecified atom stereocenters. The van der Waals surface area contributed by atoms with E-state index in [4.69, 9.17) is 9.84 Å². The third-order valence-corrected chi connectivity index (χ3v) is 3.56. The molecule has 0 bridgehead atoms. The topological polar surface area (TPSA) is 78.9 Å². The minimum Gasteiger partial charge on any atom is -0.481 e. The molecule has 0 aromatic rings. The summed E-state index contributed by atoms with van der Waals surface area (Å²) >= 11 is 0. The molecule has 1 fully saturated rings. The molecular weight excluding hydrogens is 248 g/mol. The minimum absolute atomic E-state index is 0.0241. The lowest BCUT2D eigenvalue weighted by Gasteiger charge is -2.31. The van der Waals surface area contributed by atoms with E-state index in [1.165, 1.54) is 0 Å². The Labute approximate surface area is 114 Å². The van der Waals surface area contributed by atoms with E-state index in [1.807, 2.05) is 13.8 Å². The molecule has 6 heteroatoms.